The molecule has 10 aromatic rings. The van der Waals surface area contributed by atoms with Crippen LogP contribution in [0.3, 0.4) is 0 Å². The molecule has 8 aromatic carbocycles. The van der Waals surface area contributed by atoms with Crippen LogP contribution in [0.25, 0.3) is 80.0 Å². The molecular formula is C48H32N2S. The molecule has 0 spiro atoms. The van der Waals surface area contributed by atoms with Crippen molar-refractivity contribution in [2.45, 2.75) is 12.8 Å². The average Bonchev–Trinajstić information content (AvgIpc) is 3.74. The minimum Gasteiger partial charge on any atom is -0.310 e. The molecule has 0 N–H and O–H groups in total. The largest absolute Gasteiger partial charge is 0.310 e. The second-order valence-corrected chi connectivity index (χ2v) is 14.7. The van der Waals surface area contributed by atoms with Crippen LogP contribution in [0.5, 0.6) is 0 Å². The highest BCUT2D eigenvalue weighted by atomic mass is 32.1. The van der Waals surface area contributed by atoms with Gasteiger partial charge in [-0.05, 0) is 94.4 Å². The minimum absolute atomic E-state index is 1.05. The van der Waals surface area contributed by atoms with Gasteiger partial charge in [-0.2, -0.15) is 0 Å². The Labute approximate surface area is 299 Å². The maximum atomic E-state index is 2.53. The van der Waals surface area contributed by atoms with E-state index in [1.54, 1.807) is 0 Å². The van der Waals surface area contributed by atoms with Gasteiger partial charge in [0.2, 0.25) is 0 Å². The maximum absolute atomic E-state index is 2.53. The number of hydrogen-bond donors (Lipinski definition) is 0. The van der Waals surface area contributed by atoms with Crippen LogP contribution >= 0.6 is 11.3 Å². The fourth-order valence-electron chi connectivity index (χ4n) is 8.54. The van der Waals surface area contributed by atoms with Crippen LogP contribution in [-0.2, 0) is 0 Å². The number of fused-ring (bicyclic) bond motifs is 11. The summed E-state index contributed by atoms with van der Waals surface area (Å²) in [5, 5.41) is 12.7. The van der Waals surface area contributed by atoms with E-state index in [0.29, 0.717) is 0 Å². The molecule has 2 aromatic heterocycles. The van der Waals surface area contributed by atoms with Crippen molar-refractivity contribution >= 4 is 108 Å². The van der Waals surface area contributed by atoms with Gasteiger partial charge in [-0.1, -0.05) is 115 Å². The van der Waals surface area contributed by atoms with Gasteiger partial charge in [0.1, 0.15) is 0 Å². The lowest BCUT2D eigenvalue weighted by Crippen LogP contribution is -2.11. The second kappa shape index (κ2) is 11.2. The number of rotatable bonds is 4. The Morgan fingerprint density at radius 3 is 2.08 bits per heavy atom. The zero-order valence-corrected chi connectivity index (χ0v) is 28.7. The second-order valence-electron chi connectivity index (χ2n) is 13.6. The highest BCUT2D eigenvalue weighted by Crippen LogP contribution is 2.49. The third-order valence-corrected chi connectivity index (χ3v) is 11.9. The summed E-state index contributed by atoms with van der Waals surface area (Å²) in [5.74, 6) is 0. The Morgan fingerprint density at radius 2 is 1.20 bits per heavy atom. The molecule has 0 unspecified atom stereocenters. The summed E-state index contributed by atoms with van der Waals surface area (Å²) in [6.45, 7) is 0. The topological polar surface area (TPSA) is 8.17 Å². The first-order valence-corrected chi connectivity index (χ1v) is 18.6. The molecule has 2 nitrogen and oxygen atoms in total. The van der Waals surface area contributed by atoms with Crippen molar-refractivity contribution in [3.63, 3.8) is 0 Å². The van der Waals surface area contributed by atoms with Crippen molar-refractivity contribution in [3.8, 4) is 0 Å². The number of benzene rings is 8. The monoisotopic (exact) mass is 668 g/mol. The van der Waals surface area contributed by atoms with Gasteiger partial charge in [-0.3, -0.25) is 0 Å². The predicted octanol–water partition coefficient (Wildman–Crippen LogP) is 14.3. The normalized spacial score (nSPS) is 13.4. The molecule has 1 aliphatic rings. The summed E-state index contributed by atoms with van der Waals surface area (Å²) in [6, 6.07) is 56.4. The summed E-state index contributed by atoms with van der Waals surface area (Å²) in [5.41, 5.74) is 7.18. The number of para-hydroxylation sites is 1. The van der Waals surface area contributed by atoms with E-state index >= 15 is 0 Å². The number of aromatic nitrogens is 1. The van der Waals surface area contributed by atoms with Crippen LogP contribution in [-0.4, -0.2) is 4.57 Å². The predicted molar refractivity (Wildman–Crippen MR) is 222 cm³/mol. The summed E-state index contributed by atoms with van der Waals surface area (Å²) < 4.78 is 5.08. The summed E-state index contributed by atoms with van der Waals surface area (Å²) in [6.07, 6.45) is 9.11. The number of allylic oxidation sites excluding steroid dienone is 4. The molecule has 1 aliphatic carbocycles. The standard InChI is InChI=1S/C48H32N2S/c1-2-14-33(15-3-1)49-41-21-10-8-20-39(41)48-42(49)22-12-23-43(48)50(34-27-28-46-40(30-34)37-18-9-11-24-45(37)51-46)44-29-32-26-25-31-13-4-5-16-35(31)47(32)38-19-7-6-17-36(38)44/h2,4-30H,1,3H2. The molecule has 0 bridgehead atoms. The SMILES string of the molecule is C1=CC(n2c3ccccc3c3c(N(c4ccc5sc6ccccc6c5c4)c4cc5ccc6ccccc6c5c5ccccc45)cccc32)=CCC1. The van der Waals surface area contributed by atoms with Gasteiger partial charge in [-0.15, -0.1) is 11.3 Å². The Balaban J connectivity index is 1.28. The van der Waals surface area contributed by atoms with E-state index in [-0.39, 0.29) is 0 Å². The molecule has 2 heterocycles. The van der Waals surface area contributed by atoms with Crippen LogP contribution in [0.1, 0.15) is 12.8 Å². The first kappa shape index (κ1) is 28.7. The Kier molecular flexibility index (Phi) is 6.28. The number of thiophene rings is 1. The lowest BCUT2D eigenvalue weighted by Gasteiger charge is -2.29. The van der Waals surface area contributed by atoms with Gasteiger partial charge in [0.25, 0.3) is 0 Å². The Hall–Kier alpha value is -6.16. The molecule has 11 rings (SSSR count). The van der Waals surface area contributed by atoms with E-state index in [4.69, 9.17) is 0 Å². The van der Waals surface area contributed by atoms with Crippen LogP contribution in [0, 0.1) is 0 Å². The van der Waals surface area contributed by atoms with Gasteiger partial charge in [0, 0.05) is 47.7 Å². The molecule has 0 saturated carbocycles. The Morgan fingerprint density at radius 1 is 0.471 bits per heavy atom. The zero-order chi connectivity index (χ0) is 33.5. The molecular weight excluding hydrogens is 637 g/mol. The molecule has 240 valence electrons. The van der Waals surface area contributed by atoms with Crippen molar-refractivity contribution in [2.24, 2.45) is 0 Å². The van der Waals surface area contributed by atoms with Crippen molar-refractivity contribution in [1.82, 2.24) is 4.57 Å². The summed E-state index contributed by atoms with van der Waals surface area (Å²) in [7, 11) is 0. The van der Waals surface area contributed by atoms with Crippen molar-refractivity contribution < 1.29 is 0 Å². The molecule has 0 amide bonds. The fraction of sp³-hybridized carbons (Fsp3) is 0.0417. The van der Waals surface area contributed by atoms with Crippen molar-refractivity contribution in [1.29, 1.82) is 0 Å². The number of nitrogens with zero attached hydrogens (tertiary/aromatic N) is 2. The molecule has 3 heteroatoms. The third-order valence-electron chi connectivity index (χ3n) is 10.7. The quantitative estimate of drug-likeness (QED) is 0.169. The zero-order valence-electron chi connectivity index (χ0n) is 27.9. The van der Waals surface area contributed by atoms with Gasteiger partial charge in [-0.25, -0.2) is 0 Å². The maximum Gasteiger partial charge on any atom is 0.0562 e. The first-order valence-electron chi connectivity index (χ1n) is 17.8. The van der Waals surface area contributed by atoms with E-state index in [9.17, 15) is 0 Å². The summed E-state index contributed by atoms with van der Waals surface area (Å²) >= 11 is 1.87. The molecule has 0 saturated heterocycles. The fourth-order valence-corrected chi connectivity index (χ4v) is 9.62. The van der Waals surface area contributed by atoms with Crippen LogP contribution in [0.4, 0.5) is 17.1 Å². The molecule has 0 fully saturated rings. The lowest BCUT2D eigenvalue weighted by molar-refractivity contribution is 1.02. The van der Waals surface area contributed by atoms with Gasteiger partial charge in [0.15, 0.2) is 0 Å². The summed E-state index contributed by atoms with van der Waals surface area (Å²) in [4.78, 5) is 2.53. The van der Waals surface area contributed by atoms with Crippen LogP contribution in [0.15, 0.2) is 170 Å². The number of anilines is 3. The smallest absolute Gasteiger partial charge is 0.0562 e. The van der Waals surface area contributed by atoms with E-state index < -0.39 is 0 Å². The molecule has 0 radical (unpaired) electrons. The first-order chi connectivity index (χ1) is 25.3. The van der Waals surface area contributed by atoms with Gasteiger partial charge < -0.3 is 9.47 Å². The van der Waals surface area contributed by atoms with Crippen LogP contribution in [0.2, 0.25) is 0 Å². The minimum atomic E-state index is 1.05. The molecule has 51 heavy (non-hydrogen) atoms. The van der Waals surface area contributed by atoms with Crippen molar-refractivity contribution in [2.75, 3.05) is 4.90 Å². The van der Waals surface area contributed by atoms with E-state index in [2.05, 4.69) is 179 Å². The van der Waals surface area contributed by atoms with Crippen LogP contribution < -0.4 is 4.90 Å². The van der Waals surface area contributed by atoms with Crippen molar-refractivity contribution in [3.05, 3.63) is 170 Å². The third kappa shape index (κ3) is 4.28. The Bertz CT molecular complexity index is 3100. The van der Waals surface area contributed by atoms with E-state index in [0.717, 1.165) is 18.5 Å². The lowest BCUT2D eigenvalue weighted by atomic mass is 9.94. The molecule has 0 atom stereocenters. The molecule has 0 aliphatic heterocycles. The number of hydrogen-bond acceptors (Lipinski definition) is 2. The van der Waals surface area contributed by atoms with E-state index in [1.165, 1.54) is 91.4 Å². The van der Waals surface area contributed by atoms with Gasteiger partial charge in [0.05, 0.1) is 22.4 Å². The van der Waals surface area contributed by atoms with E-state index in [1.807, 2.05) is 11.3 Å². The average molecular weight is 669 g/mol. The highest BCUT2D eigenvalue weighted by Gasteiger charge is 2.24. The van der Waals surface area contributed by atoms with Gasteiger partial charge >= 0.3 is 0 Å². The highest BCUT2D eigenvalue weighted by molar-refractivity contribution is 7.25.